The van der Waals surface area contributed by atoms with Gasteiger partial charge in [-0.25, -0.2) is 9.18 Å². The summed E-state index contributed by atoms with van der Waals surface area (Å²) in [4.78, 5) is 40.8. The van der Waals surface area contributed by atoms with E-state index in [0.29, 0.717) is 16.9 Å². The van der Waals surface area contributed by atoms with Crippen LogP contribution >= 0.6 is 0 Å². The lowest BCUT2D eigenvalue weighted by Gasteiger charge is -2.29. The van der Waals surface area contributed by atoms with E-state index in [1.54, 1.807) is 12.1 Å². The number of aryl methyl sites for hydroxylation is 2. The van der Waals surface area contributed by atoms with Gasteiger partial charge < -0.3 is 15.0 Å². The van der Waals surface area contributed by atoms with E-state index in [9.17, 15) is 18.8 Å². The van der Waals surface area contributed by atoms with Crippen LogP contribution in [-0.2, 0) is 16.0 Å². The highest BCUT2D eigenvalue weighted by Crippen LogP contribution is 2.29. The number of cyclic esters (lactones) is 1. The molecule has 0 aliphatic carbocycles. The fourth-order valence-electron chi connectivity index (χ4n) is 5.05. The topological polar surface area (TPSA) is 79.0 Å². The average molecular weight is 510 g/mol. The van der Waals surface area contributed by atoms with E-state index >= 15 is 0 Å². The second-order valence-electron chi connectivity index (χ2n) is 9.93. The second kappa shape index (κ2) is 12.2. The maximum Gasteiger partial charge on any atom is 0.414 e. The zero-order valence-corrected chi connectivity index (χ0v) is 21.7. The Morgan fingerprint density at radius 2 is 1.86 bits per heavy atom. The van der Waals surface area contributed by atoms with Gasteiger partial charge in [0.05, 0.1) is 24.5 Å². The van der Waals surface area contributed by atoms with Crippen molar-refractivity contribution in [3.63, 3.8) is 0 Å². The third kappa shape index (κ3) is 6.67. The highest BCUT2D eigenvalue weighted by molar-refractivity contribution is 5.99. The van der Waals surface area contributed by atoms with Crippen molar-refractivity contribution in [3.8, 4) is 0 Å². The molecule has 1 atom stereocenters. The lowest BCUT2D eigenvalue weighted by atomic mass is 9.97. The molecular formula is C29H36FN3O4. The number of benzene rings is 2. The van der Waals surface area contributed by atoms with E-state index in [4.69, 9.17) is 4.74 Å². The first-order valence-electron chi connectivity index (χ1n) is 13.3. The van der Waals surface area contributed by atoms with Gasteiger partial charge in [-0.1, -0.05) is 31.5 Å². The number of carbonyl (C=O) groups is 3. The van der Waals surface area contributed by atoms with E-state index in [-0.39, 0.29) is 43.4 Å². The number of amides is 2. The minimum atomic E-state index is -0.568. The molecule has 2 aliphatic heterocycles. The van der Waals surface area contributed by atoms with Crippen molar-refractivity contribution in [1.29, 1.82) is 0 Å². The fourth-order valence-corrected chi connectivity index (χ4v) is 5.05. The fraction of sp³-hybridized carbons (Fsp3) is 0.483. The van der Waals surface area contributed by atoms with Crippen molar-refractivity contribution < 1.29 is 23.5 Å². The standard InChI is InChI=1S/C29H36FN3O4/c1-3-7-21-8-10-24(20(2)16-21)27(34)12-13-28(35)31-18-23-19-33(29(36)37-23)22-9-11-26(25(30)17-22)32-14-5-4-6-15-32/h8-11,16-17,23H,3-7,12-15,18-19H2,1-2H3,(H,31,35). The number of ether oxygens (including phenoxy) is 1. The third-order valence-corrected chi connectivity index (χ3v) is 7.05. The summed E-state index contributed by atoms with van der Waals surface area (Å²) in [5.74, 6) is -0.701. The summed E-state index contributed by atoms with van der Waals surface area (Å²) in [6.07, 6.45) is 4.33. The number of hydrogen-bond acceptors (Lipinski definition) is 5. The molecule has 2 amide bonds. The first kappa shape index (κ1) is 26.6. The molecule has 1 N–H and O–H groups in total. The number of hydrogen-bond donors (Lipinski definition) is 1. The van der Waals surface area contributed by atoms with Crippen molar-refractivity contribution in [2.75, 3.05) is 36.0 Å². The zero-order valence-electron chi connectivity index (χ0n) is 21.7. The van der Waals surface area contributed by atoms with E-state index in [1.165, 1.54) is 16.5 Å². The van der Waals surface area contributed by atoms with Crippen LogP contribution in [0.5, 0.6) is 0 Å². The molecule has 4 rings (SSSR count). The highest BCUT2D eigenvalue weighted by atomic mass is 19.1. The van der Waals surface area contributed by atoms with Gasteiger partial charge in [-0.3, -0.25) is 14.5 Å². The molecule has 198 valence electrons. The molecular weight excluding hydrogens is 473 g/mol. The Hall–Kier alpha value is -3.42. The first-order chi connectivity index (χ1) is 17.9. The van der Waals surface area contributed by atoms with Gasteiger partial charge >= 0.3 is 6.09 Å². The Labute approximate surface area is 218 Å². The summed E-state index contributed by atoms with van der Waals surface area (Å²) >= 11 is 0. The summed E-state index contributed by atoms with van der Waals surface area (Å²) in [5.41, 5.74) is 3.76. The molecule has 0 spiro atoms. The van der Waals surface area contributed by atoms with E-state index < -0.39 is 12.2 Å². The molecule has 1 unspecified atom stereocenters. The monoisotopic (exact) mass is 509 g/mol. The van der Waals surface area contributed by atoms with E-state index in [1.807, 2.05) is 30.0 Å². The van der Waals surface area contributed by atoms with Crippen molar-refractivity contribution in [2.45, 2.75) is 64.9 Å². The molecule has 8 heteroatoms. The summed E-state index contributed by atoms with van der Waals surface area (Å²) in [6, 6.07) is 10.7. The maximum absolute atomic E-state index is 14.8. The number of nitrogens with zero attached hydrogens (tertiary/aromatic N) is 2. The van der Waals surface area contributed by atoms with Gasteiger partial charge in [-0.05, 0) is 61.9 Å². The Bertz CT molecular complexity index is 1150. The van der Waals surface area contributed by atoms with Crippen molar-refractivity contribution >= 4 is 29.2 Å². The number of anilines is 2. The second-order valence-corrected chi connectivity index (χ2v) is 9.93. The Morgan fingerprint density at radius 1 is 1.08 bits per heavy atom. The van der Waals surface area contributed by atoms with Gasteiger partial charge in [0.15, 0.2) is 5.78 Å². The van der Waals surface area contributed by atoms with Crippen LogP contribution in [0.1, 0.15) is 66.9 Å². The number of nitrogens with one attached hydrogen (secondary N) is 1. The van der Waals surface area contributed by atoms with Gasteiger partial charge in [-0.2, -0.15) is 0 Å². The summed E-state index contributed by atoms with van der Waals surface area (Å²) < 4.78 is 20.2. The van der Waals surface area contributed by atoms with Crippen LogP contribution in [0, 0.1) is 12.7 Å². The van der Waals surface area contributed by atoms with Crippen LogP contribution in [0.3, 0.4) is 0 Å². The Kier molecular flexibility index (Phi) is 8.79. The predicted octanol–water partition coefficient (Wildman–Crippen LogP) is 5.18. The van der Waals surface area contributed by atoms with Crippen LogP contribution in [0.25, 0.3) is 0 Å². The van der Waals surface area contributed by atoms with Gasteiger partial charge in [0.1, 0.15) is 11.9 Å². The summed E-state index contributed by atoms with van der Waals surface area (Å²) in [5, 5.41) is 2.75. The van der Waals surface area contributed by atoms with Crippen LogP contribution in [0.2, 0.25) is 0 Å². The van der Waals surface area contributed by atoms with Gasteiger partial charge in [-0.15, -0.1) is 0 Å². The Balaban J connectivity index is 1.25. The lowest BCUT2D eigenvalue weighted by molar-refractivity contribution is -0.121. The molecule has 37 heavy (non-hydrogen) atoms. The van der Waals surface area contributed by atoms with Crippen molar-refractivity contribution in [1.82, 2.24) is 5.32 Å². The lowest BCUT2D eigenvalue weighted by Crippen LogP contribution is -2.34. The molecule has 2 aliphatic rings. The summed E-state index contributed by atoms with van der Waals surface area (Å²) in [6.45, 7) is 6.04. The molecule has 2 saturated heterocycles. The molecule has 2 aromatic carbocycles. The molecule has 2 heterocycles. The average Bonchev–Trinajstić information content (AvgIpc) is 3.27. The maximum atomic E-state index is 14.8. The number of carbonyl (C=O) groups excluding carboxylic acids is 3. The number of rotatable bonds is 10. The minimum Gasteiger partial charge on any atom is -0.442 e. The number of ketones is 1. The quantitative estimate of drug-likeness (QED) is 0.447. The highest BCUT2D eigenvalue weighted by Gasteiger charge is 2.33. The predicted molar refractivity (Wildman–Crippen MR) is 142 cm³/mol. The molecule has 7 nitrogen and oxygen atoms in total. The molecule has 0 radical (unpaired) electrons. The third-order valence-electron chi connectivity index (χ3n) is 7.05. The Morgan fingerprint density at radius 3 is 2.57 bits per heavy atom. The molecule has 2 aromatic rings. The normalized spacial score (nSPS) is 17.6. The first-order valence-corrected chi connectivity index (χ1v) is 13.3. The number of halogens is 1. The molecule has 0 aromatic heterocycles. The van der Waals surface area contributed by atoms with E-state index in [0.717, 1.165) is 50.8 Å². The van der Waals surface area contributed by atoms with Crippen LogP contribution in [-0.4, -0.2) is 50.1 Å². The van der Waals surface area contributed by atoms with Crippen molar-refractivity contribution in [3.05, 3.63) is 58.9 Å². The van der Waals surface area contributed by atoms with Crippen LogP contribution in [0.4, 0.5) is 20.6 Å². The van der Waals surface area contributed by atoms with Crippen LogP contribution in [0.15, 0.2) is 36.4 Å². The van der Waals surface area contributed by atoms with Gasteiger partial charge in [0, 0.05) is 31.5 Å². The van der Waals surface area contributed by atoms with Gasteiger partial charge in [0.2, 0.25) is 5.91 Å². The van der Waals surface area contributed by atoms with Gasteiger partial charge in [0.25, 0.3) is 0 Å². The smallest absolute Gasteiger partial charge is 0.414 e. The zero-order chi connectivity index (χ0) is 26.4. The SMILES string of the molecule is CCCc1ccc(C(=O)CCC(=O)NCC2CN(c3ccc(N4CCCCC4)c(F)c3)C(=O)O2)c(C)c1. The molecule has 0 bridgehead atoms. The largest absolute Gasteiger partial charge is 0.442 e. The molecule has 2 fully saturated rings. The number of piperidine rings is 1. The van der Waals surface area contributed by atoms with E-state index in [2.05, 4.69) is 12.2 Å². The molecule has 0 saturated carbocycles. The minimum absolute atomic E-state index is 0.0581. The number of Topliss-reactive ketones (excluding diaryl/α,β-unsaturated/α-hetero) is 1. The van der Waals surface area contributed by atoms with Crippen LogP contribution < -0.4 is 15.1 Å². The summed E-state index contributed by atoms with van der Waals surface area (Å²) in [7, 11) is 0. The van der Waals surface area contributed by atoms with Crippen molar-refractivity contribution in [2.24, 2.45) is 0 Å².